The second kappa shape index (κ2) is 6.15. The Kier molecular flexibility index (Phi) is 4.50. The number of carboxylic acids is 1. The molecular weight excluding hydrogens is 362 g/mol. The van der Waals surface area contributed by atoms with Gasteiger partial charge in [0.25, 0.3) is 5.91 Å². The van der Waals surface area contributed by atoms with Crippen molar-refractivity contribution in [2.24, 2.45) is 0 Å². The minimum atomic E-state index is -1.16. The predicted molar refractivity (Wildman–Crippen MR) is 82.2 cm³/mol. The molecule has 0 aromatic heterocycles. The third-order valence-corrected chi connectivity index (χ3v) is 3.89. The summed E-state index contributed by atoms with van der Waals surface area (Å²) in [5, 5.41) is 21.5. The molecule has 5 nitrogen and oxygen atoms in total. The fraction of sp³-hybridized carbons (Fsp3) is 0. The fourth-order valence-corrected chi connectivity index (χ4v) is 2.10. The largest absolute Gasteiger partial charge is 0.506 e. The van der Waals surface area contributed by atoms with E-state index in [9.17, 15) is 14.7 Å². The monoisotopic (exact) mass is 369 g/mol. The molecule has 0 aliphatic carbocycles. The van der Waals surface area contributed by atoms with Crippen LogP contribution in [0.15, 0.2) is 40.9 Å². The topological polar surface area (TPSA) is 86.6 Å². The number of nitrogens with one attached hydrogen (secondary N) is 1. The Morgan fingerprint density at radius 1 is 1.10 bits per heavy atom. The van der Waals surface area contributed by atoms with Gasteiger partial charge >= 0.3 is 5.97 Å². The van der Waals surface area contributed by atoms with E-state index in [4.69, 9.17) is 16.7 Å². The molecule has 7 heteroatoms. The Labute approximate surface area is 133 Å². The first-order valence-corrected chi connectivity index (χ1v) is 6.88. The van der Waals surface area contributed by atoms with Crippen molar-refractivity contribution in [3.8, 4) is 5.75 Å². The van der Waals surface area contributed by atoms with Gasteiger partial charge in [0.05, 0.1) is 16.3 Å². The summed E-state index contributed by atoms with van der Waals surface area (Å²) in [6.45, 7) is 0. The number of rotatable bonds is 3. The van der Waals surface area contributed by atoms with Gasteiger partial charge in [0.15, 0.2) is 0 Å². The van der Waals surface area contributed by atoms with E-state index in [1.165, 1.54) is 18.2 Å². The molecule has 21 heavy (non-hydrogen) atoms. The van der Waals surface area contributed by atoms with E-state index in [1.807, 2.05) is 0 Å². The van der Waals surface area contributed by atoms with Crippen LogP contribution in [0.25, 0.3) is 0 Å². The van der Waals surface area contributed by atoms with Crippen LogP contribution in [0.1, 0.15) is 20.7 Å². The quantitative estimate of drug-likeness (QED) is 0.718. The zero-order valence-electron chi connectivity index (χ0n) is 10.4. The van der Waals surface area contributed by atoms with Crippen LogP contribution in [0.2, 0.25) is 5.02 Å². The molecule has 1 amide bonds. The van der Waals surface area contributed by atoms with Crippen molar-refractivity contribution >= 4 is 45.1 Å². The number of amides is 1. The maximum absolute atomic E-state index is 12.0. The van der Waals surface area contributed by atoms with Crippen molar-refractivity contribution < 1.29 is 19.8 Å². The molecule has 0 saturated heterocycles. The lowest BCUT2D eigenvalue weighted by molar-refractivity contribution is 0.0696. The number of anilines is 1. The minimum Gasteiger partial charge on any atom is -0.506 e. The van der Waals surface area contributed by atoms with Gasteiger partial charge in [-0.05, 0) is 52.3 Å². The van der Waals surface area contributed by atoms with Crippen LogP contribution in [0, 0.1) is 0 Å². The molecule has 2 rings (SSSR count). The number of phenolic OH excluding ortho intramolecular Hbond substituents is 1. The smallest absolute Gasteiger partial charge is 0.335 e. The maximum atomic E-state index is 12.0. The van der Waals surface area contributed by atoms with E-state index >= 15 is 0 Å². The fourth-order valence-electron chi connectivity index (χ4n) is 1.60. The molecule has 0 atom stereocenters. The zero-order valence-corrected chi connectivity index (χ0v) is 12.8. The van der Waals surface area contributed by atoms with Crippen LogP contribution in [-0.4, -0.2) is 22.1 Å². The number of carbonyl (C=O) groups is 2. The maximum Gasteiger partial charge on any atom is 0.335 e. The summed E-state index contributed by atoms with van der Waals surface area (Å²) in [6, 6.07) is 8.31. The molecule has 2 aromatic rings. The summed E-state index contributed by atoms with van der Waals surface area (Å²) in [7, 11) is 0. The normalized spacial score (nSPS) is 10.2. The highest BCUT2D eigenvalue weighted by atomic mass is 79.9. The molecular formula is C14H9BrClNO4. The van der Waals surface area contributed by atoms with E-state index in [2.05, 4.69) is 21.2 Å². The molecule has 3 N–H and O–H groups in total. The summed E-state index contributed by atoms with van der Waals surface area (Å²) in [4.78, 5) is 22.8. The number of hydrogen-bond acceptors (Lipinski definition) is 3. The van der Waals surface area contributed by atoms with Crippen molar-refractivity contribution in [2.45, 2.75) is 0 Å². The summed E-state index contributed by atoms with van der Waals surface area (Å²) >= 11 is 9.06. The first-order valence-electron chi connectivity index (χ1n) is 5.71. The van der Waals surface area contributed by atoms with Gasteiger partial charge in [0.2, 0.25) is 0 Å². The van der Waals surface area contributed by atoms with Gasteiger partial charge in [-0.2, -0.15) is 0 Å². The Morgan fingerprint density at radius 3 is 2.33 bits per heavy atom. The van der Waals surface area contributed by atoms with Crippen LogP contribution in [0.4, 0.5) is 5.69 Å². The highest BCUT2D eigenvalue weighted by Crippen LogP contribution is 2.27. The van der Waals surface area contributed by atoms with Crippen molar-refractivity contribution in [1.29, 1.82) is 0 Å². The lowest BCUT2D eigenvalue weighted by atomic mass is 10.1. The summed E-state index contributed by atoms with van der Waals surface area (Å²) in [6.07, 6.45) is 0. The second-order valence-electron chi connectivity index (χ2n) is 4.12. The third-order valence-electron chi connectivity index (χ3n) is 2.67. The van der Waals surface area contributed by atoms with Crippen molar-refractivity contribution in [3.63, 3.8) is 0 Å². The van der Waals surface area contributed by atoms with Gasteiger partial charge in [0.1, 0.15) is 5.75 Å². The van der Waals surface area contributed by atoms with Gasteiger partial charge in [-0.25, -0.2) is 4.79 Å². The van der Waals surface area contributed by atoms with E-state index in [0.717, 1.165) is 6.07 Å². The molecule has 0 aliphatic rings. The molecule has 0 radical (unpaired) electrons. The molecule has 0 spiro atoms. The highest BCUT2D eigenvalue weighted by Gasteiger charge is 2.12. The Morgan fingerprint density at radius 2 is 1.76 bits per heavy atom. The van der Waals surface area contributed by atoms with Gasteiger partial charge in [-0.1, -0.05) is 11.6 Å². The molecule has 0 saturated carbocycles. The average molecular weight is 371 g/mol. The van der Waals surface area contributed by atoms with Gasteiger partial charge in [-0.3, -0.25) is 4.79 Å². The molecule has 0 heterocycles. The molecule has 0 aliphatic heterocycles. The van der Waals surface area contributed by atoms with E-state index in [0.29, 0.717) is 15.1 Å². The molecule has 2 aromatic carbocycles. The van der Waals surface area contributed by atoms with Gasteiger partial charge in [0, 0.05) is 10.0 Å². The van der Waals surface area contributed by atoms with E-state index < -0.39 is 11.9 Å². The second-order valence-corrected chi connectivity index (χ2v) is 5.38. The first-order chi connectivity index (χ1) is 9.88. The van der Waals surface area contributed by atoms with Gasteiger partial charge < -0.3 is 15.5 Å². The lowest BCUT2D eigenvalue weighted by Gasteiger charge is -2.08. The number of benzene rings is 2. The average Bonchev–Trinajstić information content (AvgIpc) is 2.43. The summed E-state index contributed by atoms with van der Waals surface area (Å²) in [5.74, 6) is -1.94. The number of carboxylic acid groups (broad SMARTS) is 1. The van der Waals surface area contributed by atoms with E-state index in [-0.39, 0.29) is 17.0 Å². The van der Waals surface area contributed by atoms with Crippen molar-refractivity contribution in [3.05, 3.63) is 57.0 Å². The van der Waals surface area contributed by atoms with Crippen LogP contribution in [-0.2, 0) is 0 Å². The van der Waals surface area contributed by atoms with Crippen molar-refractivity contribution in [1.82, 2.24) is 0 Å². The Balaban J connectivity index is 2.23. The summed E-state index contributed by atoms with van der Waals surface area (Å²) in [5.41, 5.74) is 0.392. The molecule has 0 fully saturated rings. The molecule has 0 unspecified atom stereocenters. The summed E-state index contributed by atoms with van der Waals surface area (Å²) < 4.78 is 0.572. The number of hydrogen-bond donors (Lipinski definition) is 3. The van der Waals surface area contributed by atoms with Crippen LogP contribution >= 0.6 is 27.5 Å². The van der Waals surface area contributed by atoms with E-state index in [1.54, 1.807) is 12.1 Å². The molecule has 0 bridgehead atoms. The standard InChI is InChI=1S/C14H9BrClNO4/c15-9-5-7(1-3-10(9)16)13(19)17-11-4-2-8(14(20)21)6-12(11)18/h1-6,18H,(H,17,19)(H,20,21). The van der Waals surface area contributed by atoms with Crippen LogP contribution < -0.4 is 5.32 Å². The predicted octanol–water partition coefficient (Wildman–Crippen LogP) is 3.76. The van der Waals surface area contributed by atoms with Crippen molar-refractivity contribution in [2.75, 3.05) is 5.32 Å². The van der Waals surface area contributed by atoms with Crippen LogP contribution in [0.5, 0.6) is 5.75 Å². The van der Waals surface area contributed by atoms with Gasteiger partial charge in [-0.15, -0.1) is 0 Å². The lowest BCUT2D eigenvalue weighted by Crippen LogP contribution is -2.12. The number of carbonyl (C=O) groups excluding carboxylic acids is 1. The Hall–Kier alpha value is -2.05. The number of aromatic hydroxyl groups is 1. The molecule has 108 valence electrons. The number of phenols is 1. The van der Waals surface area contributed by atoms with Crippen LogP contribution in [0.3, 0.4) is 0 Å². The minimum absolute atomic E-state index is 0.0697. The third kappa shape index (κ3) is 3.53. The SMILES string of the molecule is O=C(O)c1ccc(NC(=O)c2ccc(Cl)c(Br)c2)c(O)c1. The number of halogens is 2. The Bertz CT molecular complexity index is 733. The highest BCUT2D eigenvalue weighted by molar-refractivity contribution is 9.10. The first kappa shape index (κ1) is 15.3. The number of aromatic carboxylic acids is 1. The zero-order chi connectivity index (χ0) is 15.6.